The number of rotatable bonds is 10. The van der Waals surface area contributed by atoms with Gasteiger partial charge in [0.25, 0.3) is 0 Å². The highest BCUT2D eigenvalue weighted by molar-refractivity contribution is 6.00. The molecule has 0 amide bonds. The smallest absolute Gasteiger partial charge is 0.387 e. The zero-order valence-corrected chi connectivity index (χ0v) is 18.3. The van der Waals surface area contributed by atoms with Crippen molar-refractivity contribution in [3.63, 3.8) is 0 Å². The van der Waals surface area contributed by atoms with Crippen LogP contribution in [0.4, 0.5) is 8.78 Å². The van der Waals surface area contributed by atoms with Gasteiger partial charge in [-0.25, -0.2) is 4.79 Å². The molecular formula is C24H23F2NO6. The highest BCUT2D eigenvalue weighted by atomic mass is 19.3. The molecule has 0 aliphatic rings. The third-order valence-electron chi connectivity index (χ3n) is 4.93. The molecule has 174 valence electrons. The van der Waals surface area contributed by atoms with Gasteiger partial charge in [0.2, 0.25) is 5.78 Å². The van der Waals surface area contributed by atoms with Gasteiger partial charge in [-0.05, 0) is 55.8 Å². The standard InChI is InChI=1S/C24H23F2NO6/c1-15-11-19(16(2)27(15)13-18-5-4-10-31-18)20(28)14-32-23(29)9-7-17-6-8-21(33-24(25)26)22(12-17)30-3/h4-12,24H,13-14H2,1-3H3. The van der Waals surface area contributed by atoms with Crippen molar-refractivity contribution in [2.45, 2.75) is 27.0 Å². The summed E-state index contributed by atoms with van der Waals surface area (Å²) in [7, 11) is 1.31. The number of nitrogens with zero attached hydrogens (tertiary/aromatic N) is 1. The Morgan fingerprint density at radius 1 is 1.15 bits per heavy atom. The molecule has 2 aromatic heterocycles. The molecule has 0 fully saturated rings. The van der Waals surface area contributed by atoms with E-state index in [1.165, 1.54) is 31.4 Å². The Labute approximate surface area is 189 Å². The van der Waals surface area contributed by atoms with Crippen LogP contribution < -0.4 is 9.47 Å². The van der Waals surface area contributed by atoms with Crippen LogP contribution in [-0.4, -0.2) is 36.6 Å². The molecule has 0 saturated heterocycles. The number of hydrogen-bond acceptors (Lipinski definition) is 6. The third-order valence-corrected chi connectivity index (χ3v) is 4.93. The summed E-state index contributed by atoms with van der Waals surface area (Å²) in [6.45, 7) is 0.791. The van der Waals surface area contributed by atoms with Gasteiger partial charge in [0, 0.05) is 23.0 Å². The Balaban J connectivity index is 1.60. The van der Waals surface area contributed by atoms with Gasteiger partial charge >= 0.3 is 12.6 Å². The summed E-state index contributed by atoms with van der Waals surface area (Å²) in [5, 5.41) is 0. The number of Topliss-reactive ketones (excluding diaryl/α,β-unsaturated/α-hetero) is 1. The van der Waals surface area contributed by atoms with Crippen molar-refractivity contribution in [2.75, 3.05) is 13.7 Å². The lowest BCUT2D eigenvalue weighted by molar-refractivity contribution is -0.136. The molecule has 2 heterocycles. The number of benzene rings is 1. The van der Waals surface area contributed by atoms with Crippen molar-refractivity contribution in [1.82, 2.24) is 4.57 Å². The fourth-order valence-corrected chi connectivity index (χ4v) is 3.29. The van der Waals surface area contributed by atoms with Gasteiger partial charge in [0.1, 0.15) is 5.76 Å². The zero-order valence-electron chi connectivity index (χ0n) is 18.3. The molecule has 0 bridgehead atoms. The van der Waals surface area contributed by atoms with Crippen molar-refractivity contribution in [3.05, 3.63) is 77.0 Å². The minimum absolute atomic E-state index is 0.0888. The summed E-state index contributed by atoms with van der Waals surface area (Å²) in [6, 6.07) is 9.61. The third kappa shape index (κ3) is 6.09. The van der Waals surface area contributed by atoms with Gasteiger partial charge in [0.05, 0.1) is 19.9 Å². The number of methoxy groups -OCH3 is 1. The normalized spacial score (nSPS) is 11.2. The minimum Gasteiger partial charge on any atom is -0.493 e. The summed E-state index contributed by atoms with van der Waals surface area (Å²) in [5.74, 6) is -0.323. The second-order valence-electron chi connectivity index (χ2n) is 7.10. The number of halogens is 2. The van der Waals surface area contributed by atoms with Gasteiger partial charge in [-0.2, -0.15) is 8.78 Å². The maximum atomic E-state index is 12.6. The molecule has 0 saturated carbocycles. The van der Waals surface area contributed by atoms with E-state index in [-0.39, 0.29) is 17.3 Å². The summed E-state index contributed by atoms with van der Waals surface area (Å²) >= 11 is 0. The number of ketones is 1. The quantitative estimate of drug-likeness (QED) is 0.246. The molecule has 3 rings (SSSR count). The Morgan fingerprint density at radius 2 is 1.94 bits per heavy atom. The van der Waals surface area contributed by atoms with Gasteiger partial charge < -0.3 is 23.2 Å². The first kappa shape index (κ1) is 23.8. The number of esters is 1. The van der Waals surface area contributed by atoms with Crippen molar-refractivity contribution < 1.29 is 37.0 Å². The Hall–Kier alpha value is -3.88. The molecule has 0 atom stereocenters. The van der Waals surface area contributed by atoms with Crippen molar-refractivity contribution in [1.29, 1.82) is 0 Å². The average Bonchev–Trinajstić information content (AvgIpc) is 3.40. The van der Waals surface area contributed by atoms with Crippen molar-refractivity contribution >= 4 is 17.8 Å². The van der Waals surface area contributed by atoms with Crippen LogP contribution in [0.3, 0.4) is 0 Å². The van der Waals surface area contributed by atoms with Crippen molar-refractivity contribution in [2.24, 2.45) is 0 Å². The fourth-order valence-electron chi connectivity index (χ4n) is 3.29. The molecular weight excluding hydrogens is 436 g/mol. The number of aromatic nitrogens is 1. The molecule has 33 heavy (non-hydrogen) atoms. The van der Waals surface area contributed by atoms with E-state index in [9.17, 15) is 18.4 Å². The van der Waals surface area contributed by atoms with Crippen LogP contribution in [0.25, 0.3) is 6.08 Å². The second-order valence-corrected chi connectivity index (χ2v) is 7.10. The SMILES string of the molecule is COc1cc(C=CC(=O)OCC(=O)c2cc(C)n(Cc3ccco3)c2C)ccc1OC(F)F. The summed E-state index contributed by atoms with van der Waals surface area (Å²) in [4.78, 5) is 24.6. The lowest BCUT2D eigenvalue weighted by Gasteiger charge is -2.10. The highest BCUT2D eigenvalue weighted by Gasteiger charge is 2.17. The van der Waals surface area contributed by atoms with E-state index in [2.05, 4.69) is 4.74 Å². The number of furan rings is 1. The van der Waals surface area contributed by atoms with Crippen LogP contribution in [0.2, 0.25) is 0 Å². The maximum Gasteiger partial charge on any atom is 0.387 e. The van der Waals surface area contributed by atoms with Crippen LogP contribution in [0.1, 0.15) is 33.1 Å². The average molecular weight is 459 g/mol. The molecule has 9 heteroatoms. The Morgan fingerprint density at radius 3 is 2.61 bits per heavy atom. The number of alkyl halides is 2. The second kappa shape index (κ2) is 10.6. The zero-order chi connectivity index (χ0) is 24.0. The number of ether oxygens (including phenoxy) is 3. The number of aryl methyl sites for hydroxylation is 1. The van der Waals surface area contributed by atoms with E-state index >= 15 is 0 Å². The van der Waals surface area contributed by atoms with Crippen LogP contribution in [0.5, 0.6) is 11.5 Å². The Kier molecular flexibility index (Phi) is 7.66. The molecule has 7 nitrogen and oxygen atoms in total. The van der Waals surface area contributed by atoms with Gasteiger partial charge in [0.15, 0.2) is 18.1 Å². The predicted octanol–water partition coefficient (Wildman–Crippen LogP) is 4.80. The highest BCUT2D eigenvalue weighted by Crippen LogP contribution is 2.29. The van der Waals surface area contributed by atoms with E-state index in [0.717, 1.165) is 23.2 Å². The molecule has 0 spiro atoms. The first-order valence-electron chi connectivity index (χ1n) is 9.98. The van der Waals surface area contributed by atoms with E-state index < -0.39 is 19.2 Å². The summed E-state index contributed by atoms with van der Waals surface area (Å²) in [5.41, 5.74) is 2.60. The minimum atomic E-state index is -2.98. The van der Waals surface area contributed by atoms with Gasteiger partial charge in [-0.15, -0.1) is 0 Å². The molecule has 0 radical (unpaired) electrons. The lowest BCUT2D eigenvalue weighted by Crippen LogP contribution is -2.13. The van der Waals surface area contributed by atoms with E-state index in [4.69, 9.17) is 13.9 Å². The van der Waals surface area contributed by atoms with Crippen LogP contribution in [0, 0.1) is 13.8 Å². The first-order chi connectivity index (χ1) is 15.8. The number of carbonyl (C=O) groups is 2. The van der Waals surface area contributed by atoms with Crippen LogP contribution in [0.15, 0.2) is 53.2 Å². The largest absolute Gasteiger partial charge is 0.493 e. The number of hydrogen-bond donors (Lipinski definition) is 0. The van der Waals surface area contributed by atoms with E-state index in [0.29, 0.717) is 17.7 Å². The van der Waals surface area contributed by atoms with Crippen molar-refractivity contribution in [3.8, 4) is 11.5 Å². The van der Waals surface area contributed by atoms with E-state index in [1.54, 1.807) is 18.4 Å². The predicted molar refractivity (Wildman–Crippen MR) is 116 cm³/mol. The maximum absolute atomic E-state index is 12.6. The number of carbonyl (C=O) groups excluding carboxylic acids is 2. The summed E-state index contributed by atoms with van der Waals surface area (Å²) in [6.07, 6.45) is 4.14. The molecule has 3 aromatic rings. The molecule has 0 N–H and O–H groups in total. The monoisotopic (exact) mass is 459 g/mol. The molecule has 0 aliphatic carbocycles. The van der Waals surface area contributed by atoms with Crippen LogP contribution >= 0.6 is 0 Å². The molecule has 0 aliphatic heterocycles. The fraction of sp³-hybridized carbons (Fsp3) is 0.250. The molecule has 1 aromatic carbocycles. The topological polar surface area (TPSA) is 79.9 Å². The Bertz CT molecular complexity index is 1150. The first-order valence-corrected chi connectivity index (χ1v) is 9.98. The van der Waals surface area contributed by atoms with E-state index in [1.807, 2.05) is 24.5 Å². The van der Waals surface area contributed by atoms with Gasteiger partial charge in [-0.3, -0.25) is 4.79 Å². The lowest BCUT2D eigenvalue weighted by atomic mass is 10.1. The molecule has 0 unspecified atom stereocenters. The van der Waals surface area contributed by atoms with Crippen LogP contribution in [-0.2, 0) is 16.1 Å². The summed E-state index contributed by atoms with van der Waals surface area (Å²) < 4.78 is 46.6. The van der Waals surface area contributed by atoms with Gasteiger partial charge in [-0.1, -0.05) is 6.07 Å².